The summed E-state index contributed by atoms with van der Waals surface area (Å²) in [5.41, 5.74) is 10.8. The van der Waals surface area contributed by atoms with Crippen molar-refractivity contribution in [2.45, 2.75) is 135 Å². The van der Waals surface area contributed by atoms with Crippen molar-refractivity contribution in [3.05, 3.63) is 0 Å². The van der Waals surface area contributed by atoms with Gasteiger partial charge in [0, 0.05) is 13.0 Å². The molecule has 2 amide bonds. The lowest BCUT2D eigenvalue weighted by molar-refractivity contribution is -0.459. The minimum Gasteiger partial charge on any atom is -0.355 e. The standard InChI is InChI=1S/C26H53N5O2/c1-3-5-6-7-8-9-10-11-12-13-14-15-16-17-18-21-24(32)31-23(25(33)29-4-2)20-19-22-30-26(27)28/h23H,3-22H2,1-2H3,(H,29,33)(H,31,32)(H4,27,28,30)/p+1. The molecule has 194 valence electrons. The molecule has 0 bridgehead atoms. The maximum Gasteiger partial charge on any atom is 0.338 e. The van der Waals surface area contributed by atoms with Gasteiger partial charge in [0.05, 0.1) is 6.54 Å². The number of nitrogens with one attached hydrogen (secondary N) is 3. The van der Waals surface area contributed by atoms with Crippen LogP contribution in [-0.4, -0.2) is 36.9 Å². The summed E-state index contributed by atoms with van der Waals surface area (Å²) in [6, 6.07) is -0.505. The van der Waals surface area contributed by atoms with Crippen molar-refractivity contribution in [1.29, 1.82) is 0 Å². The topological polar surface area (TPSA) is 124 Å². The van der Waals surface area contributed by atoms with E-state index >= 15 is 0 Å². The van der Waals surface area contributed by atoms with Gasteiger partial charge in [-0.15, -0.1) is 0 Å². The molecular formula is C26H54N5O2+. The minimum absolute atomic E-state index is 0.0428. The predicted molar refractivity (Wildman–Crippen MR) is 139 cm³/mol. The van der Waals surface area contributed by atoms with Gasteiger partial charge in [0.2, 0.25) is 11.8 Å². The third-order valence-corrected chi connectivity index (χ3v) is 6.01. The molecule has 0 aromatic rings. The van der Waals surface area contributed by atoms with Crippen molar-refractivity contribution in [1.82, 2.24) is 10.6 Å². The van der Waals surface area contributed by atoms with Crippen LogP contribution in [0, 0.1) is 0 Å². The lowest BCUT2D eigenvalue weighted by Crippen LogP contribution is -2.78. The van der Waals surface area contributed by atoms with Crippen LogP contribution in [0.15, 0.2) is 0 Å². The molecule has 1 unspecified atom stereocenters. The summed E-state index contributed by atoms with van der Waals surface area (Å²) in [5.74, 6) is -0.00684. The van der Waals surface area contributed by atoms with Gasteiger partial charge in [-0.3, -0.25) is 26.0 Å². The Morgan fingerprint density at radius 3 is 1.67 bits per heavy atom. The molecule has 0 aliphatic carbocycles. The molecule has 7 N–H and O–H groups in total. The quantitative estimate of drug-likeness (QED) is 0.0898. The Labute approximate surface area is 203 Å². The fraction of sp³-hybridized carbons (Fsp3) is 0.885. The number of hydrogen-bond acceptors (Lipinski definition) is 2. The van der Waals surface area contributed by atoms with Gasteiger partial charge in [0.25, 0.3) is 0 Å². The van der Waals surface area contributed by atoms with E-state index in [1.165, 1.54) is 83.5 Å². The van der Waals surface area contributed by atoms with Gasteiger partial charge in [-0.25, -0.2) is 0 Å². The normalized spacial score (nSPS) is 11.7. The molecule has 0 aromatic heterocycles. The SMILES string of the molecule is CCCCCCCCCCCCCCCCCC(=O)NC(CCC[NH+]=C(N)N)C(=O)NCC. The summed E-state index contributed by atoms with van der Waals surface area (Å²) in [7, 11) is 0. The molecule has 0 saturated carbocycles. The molecule has 0 fully saturated rings. The van der Waals surface area contributed by atoms with Crippen LogP contribution in [0.25, 0.3) is 0 Å². The second-order valence-electron chi connectivity index (χ2n) is 9.24. The van der Waals surface area contributed by atoms with Crippen LogP contribution in [0.2, 0.25) is 0 Å². The molecule has 0 radical (unpaired) electrons. The molecule has 0 aliphatic rings. The number of amides is 2. The Kier molecular flexibility index (Phi) is 22.1. The van der Waals surface area contributed by atoms with Gasteiger partial charge in [-0.05, 0) is 26.2 Å². The van der Waals surface area contributed by atoms with E-state index in [1.807, 2.05) is 6.92 Å². The molecule has 7 heteroatoms. The molecular weight excluding hydrogens is 414 g/mol. The average molecular weight is 469 g/mol. The highest BCUT2D eigenvalue weighted by molar-refractivity contribution is 5.87. The maximum absolute atomic E-state index is 12.3. The highest BCUT2D eigenvalue weighted by Gasteiger charge is 2.19. The zero-order chi connectivity index (χ0) is 24.6. The smallest absolute Gasteiger partial charge is 0.338 e. The highest BCUT2D eigenvalue weighted by atomic mass is 16.2. The second-order valence-corrected chi connectivity index (χ2v) is 9.24. The molecule has 0 rings (SSSR count). The van der Waals surface area contributed by atoms with Gasteiger partial charge in [0.1, 0.15) is 6.04 Å². The lowest BCUT2D eigenvalue weighted by Gasteiger charge is -2.17. The Morgan fingerprint density at radius 2 is 1.21 bits per heavy atom. The van der Waals surface area contributed by atoms with Crippen molar-refractivity contribution in [2.24, 2.45) is 11.5 Å². The number of unbranched alkanes of at least 4 members (excludes halogenated alkanes) is 14. The molecule has 0 saturated heterocycles. The fourth-order valence-electron chi connectivity index (χ4n) is 4.03. The number of carbonyl (C=O) groups is 2. The van der Waals surface area contributed by atoms with Crippen molar-refractivity contribution in [3.63, 3.8) is 0 Å². The molecule has 0 spiro atoms. The van der Waals surface area contributed by atoms with E-state index < -0.39 is 6.04 Å². The van der Waals surface area contributed by atoms with E-state index in [0.717, 1.165) is 12.8 Å². The fourth-order valence-corrected chi connectivity index (χ4v) is 4.03. The minimum atomic E-state index is -0.505. The first-order valence-corrected chi connectivity index (χ1v) is 13.7. The van der Waals surface area contributed by atoms with E-state index in [9.17, 15) is 9.59 Å². The van der Waals surface area contributed by atoms with E-state index in [2.05, 4.69) is 22.5 Å². The van der Waals surface area contributed by atoms with Crippen molar-refractivity contribution < 1.29 is 14.6 Å². The Hall–Kier alpha value is -1.79. The van der Waals surface area contributed by atoms with Crippen LogP contribution in [0.5, 0.6) is 0 Å². The first-order chi connectivity index (χ1) is 16.0. The van der Waals surface area contributed by atoms with Crippen molar-refractivity contribution in [2.75, 3.05) is 13.1 Å². The third-order valence-electron chi connectivity index (χ3n) is 6.01. The van der Waals surface area contributed by atoms with Crippen LogP contribution in [0.4, 0.5) is 0 Å². The molecule has 7 nitrogen and oxygen atoms in total. The second kappa shape index (κ2) is 23.4. The Bertz CT molecular complexity index is 507. The van der Waals surface area contributed by atoms with Crippen LogP contribution in [0.3, 0.4) is 0 Å². The first kappa shape index (κ1) is 31.2. The number of carbonyl (C=O) groups excluding carboxylic acids is 2. The maximum atomic E-state index is 12.3. The Balaban J connectivity index is 3.72. The summed E-state index contributed by atoms with van der Waals surface area (Å²) in [4.78, 5) is 27.3. The largest absolute Gasteiger partial charge is 0.355 e. The summed E-state index contributed by atoms with van der Waals surface area (Å²) >= 11 is 0. The third kappa shape index (κ3) is 21.8. The number of nitrogens with two attached hydrogens (primary N) is 2. The lowest BCUT2D eigenvalue weighted by atomic mass is 10.0. The van der Waals surface area contributed by atoms with Crippen molar-refractivity contribution in [3.8, 4) is 0 Å². The first-order valence-electron chi connectivity index (χ1n) is 13.7. The summed E-state index contributed by atoms with van der Waals surface area (Å²) in [6.45, 7) is 5.27. The van der Waals surface area contributed by atoms with Gasteiger partial charge < -0.3 is 10.6 Å². The van der Waals surface area contributed by atoms with Gasteiger partial charge in [-0.1, -0.05) is 96.8 Å². The van der Waals surface area contributed by atoms with Crippen LogP contribution in [-0.2, 0) is 9.59 Å². The molecule has 0 aliphatic heterocycles. The molecule has 0 heterocycles. The monoisotopic (exact) mass is 468 g/mol. The van der Waals surface area contributed by atoms with Crippen molar-refractivity contribution >= 4 is 17.8 Å². The highest BCUT2D eigenvalue weighted by Crippen LogP contribution is 2.13. The van der Waals surface area contributed by atoms with E-state index in [4.69, 9.17) is 11.5 Å². The number of guanidine groups is 1. The average Bonchev–Trinajstić information content (AvgIpc) is 2.78. The molecule has 1 atom stereocenters. The van der Waals surface area contributed by atoms with Gasteiger partial charge in [0.15, 0.2) is 0 Å². The number of likely N-dealkylation sites (N-methyl/N-ethyl adjacent to an activating group) is 1. The van der Waals surface area contributed by atoms with E-state index in [0.29, 0.717) is 32.4 Å². The summed E-state index contributed by atoms with van der Waals surface area (Å²) in [6.07, 6.45) is 21.3. The van der Waals surface area contributed by atoms with E-state index in [-0.39, 0.29) is 17.8 Å². The molecule has 0 aromatic carbocycles. The zero-order valence-electron chi connectivity index (χ0n) is 21.7. The van der Waals surface area contributed by atoms with Crippen LogP contribution in [0.1, 0.15) is 129 Å². The van der Waals surface area contributed by atoms with Gasteiger partial charge in [-0.2, -0.15) is 0 Å². The number of rotatable bonds is 23. The predicted octanol–water partition coefficient (Wildman–Crippen LogP) is 3.00. The van der Waals surface area contributed by atoms with Crippen LogP contribution < -0.4 is 27.1 Å². The summed E-state index contributed by atoms with van der Waals surface area (Å²) < 4.78 is 0. The van der Waals surface area contributed by atoms with E-state index in [1.54, 1.807) is 0 Å². The molecule has 33 heavy (non-hydrogen) atoms. The Morgan fingerprint density at radius 1 is 0.727 bits per heavy atom. The van der Waals surface area contributed by atoms with Crippen LogP contribution >= 0.6 is 0 Å². The van der Waals surface area contributed by atoms with Gasteiger partial charge >= 0.3 is 5.96 Å². The number of hydrogen-bond donors (Lipinski definition) is 5. The zero-order valence-corrected chi connectivity index (χ0v) is 21.7. The summed E-state index contributed by atoms with van der Waals surface area (Å²) in [5, 5.41) is 5.69.